The fourth-order valence-corrected chi connectivity index (χ4v) is 2.05. The van der Waals surface area contributed by atoms with Gasteiger partial charge in [-0.1, -0.05) is 24.4 Å². The third-order valence-electron chi connectivity index (χ3n) is 2.91. The average molecular weight is 274 g/mol. The van der Waals surface area contributed by atoms with Gasteiger partial charge in [0.1, 0.15) is 10.7 Å². The van der Waals surface area contributed by atoms with Crippen LogP contribution in [0.4, 0.5) is 0 Å². The van der Waals surface area contributed by atoms with Gasteiger partial charge in [-0.3, -0.25) is 4.79 Å². The molecule has 3 N–H and O–H groups in total. The summed E-state index contributed by atoms with van der Waals surface area (Å²) in [4.78, 5) is 12.3. The summed E-state index contributed by atoms with van der Waals surface area (Å²) in [6.45, 7) is 2.21. The Morgan fingerprint density at radius 1 is 1.37 bits per heavy atom. The molecule has 19 heavy (non-hydrogen) atoms. The van der Waals surface area contributed by atoms with Gasteiger partial charge in [-0.25, -0.2) is 0 Å². The summed E-state index contributed by atoms with van der Waals surface area (Å²) in [5.41, 5.74) is 7.30. The normalized spacial score (nSPS) is 10.4. The van der Waals surface area contributed by atoms with Crippen LogP contribution in [0.2, 0.25) is 0 Å². The molecule has 0 spiro atoms. The molecule has 0 amide bonds. The van der Waals surface area contributed by atoms with Gasteiger partial charge in [0.25, 0.3) is 5.56 Å². The van der Waals surface area contributed by atoms with Crippen LogP contribution in [-0.2, 0) is 6.54 Å². The second kappa shape index (κ2) is 5.24. The molecule has 0 aliphatic carbocycles. The standard InChI is InChI=1S/C14H14N2O2S/c1-9-5-6-12(13(15)19)14(18)16(9)8-10-3-2-4-11(17)7-10/h2-7,17H,8H2,1H3,(H2,15,19). The number of benzene rings is 1. The molecule has 4 nitrogen and oxygen atoms in total. The fraction of sp³-hybridized carbons (Fsp3) is 0.143. The van der Waals surface area contributed by atoms with Crippen LogP contribution in [0.5, 0.6) is 5.75 Å². The van der Waals surface area contributed by atoms with E-state index in [-0.39, 0.29) is 16.3 Å². The molecule has 0 saturated carbocycles. The maximum Gasteiger partial charge on any atom is 0.261 e. The third-order valence-corrected chi connectivity index (χ3v) is 3.13. The van der Waals surface area contributed by atoms with E-state index in [1.165, 1.54) is 0 Å². The van der Waals surface area contributed by atoms with Crippen molar-refractivity contribution in [1.29, 1.82) is 0 Å². The SMILES string of the molecule is Cc1ccc(C(N)=S)c(=O)n1Cc1cccc(O)c1. The van der Waals surface area contributed by atoms with Gasteiger partial charge >= 0.3 is 0 Å². The number of aromatic nitrogens is 1. The molecule has 0 aliphatic heterocycles. The Balaban J connectivity index is 2.48. The first kappa shape index (κ1) is 13.3. The van der Waals surface area contributed by atoms with Gasteiger partial charge < -0.3 is 15.4 Å². The lowest BCUT2D eigenvalue weighted by atomic mass is 10.2. The first-order valence-electron chi connectivity index (χ1n) is 5.77. The van der Waals surface area contributed by atoms with Crippen molar-refractivity contribution in [3.05, 3.63) is 63.6 Å². The molecule has 5 heteroatoms. The van der Waals surface area contributed by atoms with Crippen molar-refractivity contribution >= 4 is 17.2 Å². The number of hydrogen-bond acceptors (Lipinski definition) is 3. The Morgan fingerprint density at radius 3 is 2.74 bits per heavy atom. The van der Waals surface area contributed by atoms with Crippen LogP contribution in [-0.4, -0.2) is 14.7 Å². The Kier molecular flexibility index (Phi) is 3.66. The molecule has 1 heterocycles. The zero-order valence-corrected chi connectivity index (χ0v) is 11.3. The first-order valence-corrected chi connectivity index (χ1v) is 6.18. The summed E-state index contributed by atoms with van der Waals surface area (Å²) < 4.78 is 1.59. The van der Waals surface area contributed by atoms with Crippen LogP contribution in [0.3, 0.4) is 0 Å². The van der Waals surface area contributed by atoms with Gasteiger partial charge in [0.2, 0.25) is 0 Å². The molecule has 0 aliphatic rings. The van der Waals surface area contributed by atoms with Crippen LogP contribution in [0.15, 0.2) is 41.2 Å². The molecule has 0 radical (unpaired) electrons. The number of nitrogens with two attached hydrogens (primary N) is 1. The summed E-state index contributed by atoms with van der Waals surface area (Å²) in [5, 5.41) is 9.44. The molecule has 1 aromatic carbocycles. The van der Waals surface area contributed by atoms with E-state index in [2.05, 4.69) is 0 Å². The average Bonchev–Trinajstić information content (AvgIpc) is 2.34. The van der Waals surface area contributed by atoms with Gasteiger partial charge in [0.15, 0.2) is 0 Å². The molecule has 0 fully saturated rings. The highest BCUT2D eigenvalue weighted by Gasteiger charge is 2.09. The molecule has 2 aromatic rings. The van der Waals surface area contributed by atoms with Crippen LogP contribution >= 0.6 is 12.2 Å². The zero-order chi connectivity index (χ0) is 14.0. The molecular formula is C14H14N2O2S. The number of phenolic OH excluding ortho intramolecular Hbond substituents is 1. The van der Waals surface area contributed by atoms with E-state index in [0.717, 1.165) is 11.3 Å². The molecule has 0 bridgehead atoms. The van der Waals surface area contributed by atoms with Gasteiger partial charge in [0.05, 0.1) is 12.1 Å². The Hall–Kier alpha value is -2.14. The number of rotatable bonds is 3. The van der Waals surface area contributed by atoms with E-state index in [1.807, 2.05) is 13.0 Å². The van der Waals surface area contributed by atoms with E-state index in [1.54, 1.807) is 34.9 Å². The van der Waals surface area contributed by atoms with E-state index in [9.17, 15) is 9.90 Å². The van der Waals surface area contributed by atoms with Crippen molar-refractivity contribution in [3.63, 3.8) is 0 Å². The molecule has 1 aromatic heterocycles. The minimum atomic E-state index is -0.212. The lowest BCUT2D eigenvalue weighted by Gasteiger charge is -2.11. The van der Waals surface area contributed by atoms with Crippen LogP contribution in [0.25, 0.3) is 0 Å². The molecule has 98 valence electrons. The number of aromatic hydroxyl groups is 1. The summed E-state index contributed by atoms with van der Waals surface area (Å²) in [5.74, 6) is 0.175. The highest BCUT2D eigenvalue weighted by molar-refractivity contribution is 7.80. The van der Waals surface area contributed by atoms with E-state index in [4.69, 9.17) is 18.0 Å². The first-order chi connectivity index (χ1) is 8.99. The Bertz CT molecular complexity index is 692. The molecule has 0 saturated heterocycles. The van der Waals surface area contributed by atoms with E-state index < -0.39 is 0 Å². The smallest absolute Gasteiger partial charge is 0.261 e. The minimum Gasteiger partial charge on any atom is -0.508 e. The Labute approximate surface area is 116 Å². The number of thiocarbonyl (C=S) groups is 1. The molecule has 0 unspecified atom stereocenters. The molecular weight excluding hydrogens is 260 g/mol. The quantitative estimate of drug-likeness (QED) is 0.833. The zero-order valence-electron chi connectivity index (χ0n) is 10.5. The van der Waals surface area contributed by atoms with Gasteiger partial charge in [0, 0.05) is 5.69 Å². The summed E-state index contributed by atoms with van der Waals surface area (Å²) in [7, 11) is 0. The second-order valence-electron chi connectivity index (χ2n) is 4.31. The lowest BCUT2D eigenvalue weighted by molar-refractivity contribution is 0.474. The highest BCUT2D eigenvalue weighted by Crippen LogP contribution is 2.12. The van der Waals surface area contributed by atoms with Crippen molar-refractivity contribution < 1.29 is 5.11 Å². The van der Waals surface area contributed by atoms with Gasteiger partial charge in [-0.15, -0.1) is 0 Å². The van der Waals surface area contributed by atoms with Crippen LogP contribution in [0, 0.1) is 6.92 Å². The summed E-state index contributed by atoms with van der Waals surface area (Å²) >= 11 is 4.86. The number of hydrogen-bond donors (Lipinski definition) is 2. The van der Waals surface area contributed by atoms with E-state index in [0.29, 0.717) is 12.1 Å². The molecule has 2 rings (SSSR count). The number of aryl methyl sites for hydroxylation is 1. The maximum atomic E-state index is 12.3. The topological polar surface area (TPSA) is 68.2 Å². The Morgan fingerprint density at radius 2 is 2.11 bits per heavy atom. The van der Waals surface area contributed by atoms with Crippen molar-refractivity contribution in [2.45, 2.75) is 13.5 Å². The van der Waals surface area contributed by atoms with Crippen LogP contribution in [0.1, 0.15) is 16.8 Å². The van der Waals surface area contributed by atoms with Gasteiger partial charge in [-0.2, -0.15) is 0 Å². The highest BCUT2D eigenvalue weighted by atomic mass is 32.1. The van der Waals surface area contributed by atoms with Crippen LogP contribution < -0.4 is 11.3 Å². The van der Waals surface area contributed by atoms with E-state index >= 15 is 0 Å². The number of pyridine rings is 1. The minimum absolute atomic E-state index is 0.0923. The lowest BCUT2D eigenvalue weighted by Crippen LogP contribution is -2.30. The second-order valence-corrected chi connectivity index (χ2v) is 4.75. The van der Waals surface area contributed by atoms with Crippen molar-refractivity contribution in [3.8, 4) is 5.75 Å². The van der Waals surface area contributed by atoms with Crippen molar-refractivity contribution in [1.82, 2.24) is 4.57 Å². The van der Waals surface area contributed by atoms with Crippen molar-refractivity contribution in [2.24, 2.45) is 5.73 Å². The summed E-state index contributed by atoms with van der Waals surface area (Å²) in [6, 6.07) is 10.2. The fourth-order valence-electron chi connectivity index (χ4n) is 1.89. The number of nitrogens with zero attached hydrogens (tertiary/aromatic N) is 1. The number of phenols is 1. The largest absolute Gasteiger partial charge is 0.508 e. The maximum absolute atomic E-state index is 12.3. The van der Waals surface area contributed by atoms with Gasteiger partial charge in [-0.05, 0) is 36.8 Å². The van der Waals surface area contributed by atoms with Crippen molar-refractivity contribution in [2.75, 3.05) is 0 Å². The predicted octanol–water partition coefficient (Wildman–Crippen LogP) is 1.54. The predicted molar refractivity (Wildman–Crippen MR) is 78.5 cm³/mol. The third kappa shape index (κ3) is 2.82. The monoisotopic (exact) mass is 274 g/mol. The molecule has 0 atom stereocenters. The summed E-state index contributed by atoms with van der Waals surface area (Å²) in [6.07, 6.45) is 0.